The minimum Gasteiger partial charge on any atom is -0.393 e. The fourth-order valence-electron chi connectivity index (χ4n) is 1.99. The van der Waals surface area contributed by atoms with Crippen LogP contribution in [0.1, 0.15) is 32.6 Å². The van der Waals surface area contributed by atoms with Crippen molar-refractivity contribution < 1.29 is 15.0 Å². The average Bonchev–Trinajstić information content (AvgIpc) is 2.31. The highest BCUT2D eigenvalue weighted by molar-refractivity contribution is 5.73. The zero-order valence-electron chi connectivity index (χ0n) is 10.6. The number of amides is 1. The van der Waals surface area contributed by atoms with Gasteiger partial charge in [0.1, 0.15) is 0 Å². The largest absolute Gasteiger partial charge is 0.393 e. The molecule has 0 aromatic carbocycles. The number of nitrogens with zero attached hydrogens (tertiary/aromatic N) is 1. The van der Waals surface area contributed by atoms with Crippen molar-refractivity contribution in [2.24, 2.45) is 0 Å². The average molecular weight is 244 g/mol. The highest BCUT2D eigenvalue weighted by Gasteiger charge is 2.17. The van der Waals surface area contributed by atoms with Gasteiger partial charge in [0.15, 0.2) is 0 Å². The molecule has 3 N–H and O–H groups in total. The molecule has 0 aromatic heterocycles. The summed E-state index contributed by atoms with van der Waals surface area (Å²) in [6, 6.07) is 0. The number of aliphatic hydroxyl groups excluding tert-OH is 2. The van der Waals surface area contributed by atoms with Crippen LogP contribution in [-0.2, 0) is 4.79 Å². The lowest BCUT2D eigenvalue weighted by molar-refractivity contribution is -0.130. The van der Waals surface area contributed by atoms with Gasteiger partial charge in [-0.15, -0.1) is 0 Å². The summed E-state index contributed by atoms with van der Waals surface area (Å²) in [6.07, 6.45) is 3.12. The highest BCUT2D eigenvalue weighted by Crippen LogP contribution is 2.09. The summed E-state index contributed by atoms with van der Waals surface area (Å²) in [5, 5.41) is 21.1. The topological polar surface area (TPSA) is 72.8 Å². The maximum Gasteiger partial charge on any atom is 0.219 e. The molecule has 2 aliphatic rings. The third-order valence-electron chi connectivity index (χ3n) is 3.22. The van der Waals surface area contributed by atoms with Crippen LogP contribution in [0.2, 0.25) is 0 Å². The van der Waals surface area contributed by atoms with E-state index in [1.807, 2.05) is 0 Å². The van der Waals surface area contributed by atoms with Crippen molar-refractivity contribution in [3.05, 3.63) is 0 Å². The van der Waals surface area contributed by atoms with Crippen molar-refractivity contribution in [3.63, 3.8) is 0 Å². The Bertz CT molecular complexity index is 222. The predicted molar refractivity (Wildman–Crippen MR) is 65.6 cm³/mol. The molecule has 1 amide bonds. The van der Waals surface area contributed by atoms with Crippen LogP contribution in [0.3, 0.4) is 0 Å². The lowest BCUT2D eigenvalue weighted by atomic mass is 10.1. The molecule has 0 aliphatic carbocycles. The number of likely N-dealkylation sites (tertiary alicyclic amines) is 1. The van der Waals surface area contributed by atoms with Gasteiger partial charge in [-0.3, -0.25) is 4.79 Å². The second kappa shape index (κ2) is 7.63. The van der Waals surface area contributed by atoms with E-state index in [1.165, 1.54) is 0 Å². The molecular weight excluding hydrogens is 220 g/mol. The molecule has 0 bridgehead atoms. The Labute approximate surface area is 103 Å². The van der Waals surface area contributed by atoms with Crippen molar-refractivity contribution >= 4 is 5.91 Å². The lowest BCUT2D eigenvalue weighted by Gasteiger charge is -2.28. The first-order valence-corrected chi connectivity index (χ1v) is 6.42. The highest BCUT2D eigenvalue weighted by atomic mass is 16.3. The molecule has 0 unspecified atom stereocenters. The number of nitrogens with one attached hydrogen (secondary N) is 1. The number of piperidine rings is 2. The maximum absolute atomic E-state index is 10.7. The van der Waals surface area contributed by atoms with Crippen molar-refractivity contribution in [2.45, 2.75) is 44.8 Å². The van der Waals surface area contributed by atoms with Crippen molar-refractivity contribution in [3.8, 4) is 0 Å². The van der Waals surface area contributed by atoms with Gasteiger partial charge in [-0.2, -0.15) is 0 Å². The molecule has 2 saturated heterocycles. The van der Waals surface area contributed by atoms with Crippen LogP contribution < -0.4 is 5.32 Å². The van der Waals surface area contributed by atoms with E-state index in [0.29, 0.717) is 0 Å². The van der Waals surface area contributed by atoms with E-state index in [1.54, 1.807) is 11.8 Å². The predicted octanol–water partition coefficient (Wildman–Crippen LogP) is -0.280. The quantitative estimate of drug-likeness (QED) is 0.548. The number of rotatable bonds is 0. The van der Waals surface area contributed by atoms with Crippen LogP contribution >= 0.6 is 0 Å². The van der Waals surface area contributed by atoms with Crippen LogP contribution in [0, 0.1) is 0 Å². The fraction of sp³-hybridized carbons (Fsp3) is 0.917. The van der Waals surface area contributed by atoms with Crippen molar-refractivity contribution in [2.75, 3.05) is 26.2 Å². The Morgan fingerprint density at radius 3 is 1.88 bits per heavy atom. The number of hydrogen-bond acceptors (Lipinski definition) is 4. The second-order valence-corrected chi connectivity index (χ2v) is 4.72. The van der Waals surface area contributed by atoms with Gasteiger partial charge >= 0.3 is 0 Å². The zero-order valence-corrected chi connectivity index (χ0v) is 10.6. The second-order valence-electron chi connectivity index (χ2n) is 4.72. The van der Waals surface area contributed by atoms with Crippen LogP contribution in [0.25, 0.3) is 0 Å². The number of carbonyl (C=O) groups excluding carboxylic acids is 1. The number of hydrogen-bond donors (Lipinski definition) is 3. The molecule has 0 atom stereocenters. The van der Waals surface area contributed by atoms with E-state index < -0.39 is 0 Å². The monoisotopic (exact) mass is 244 g/mol. The normalized spacial score (nSPS) is 22.9. The molecule has 2 aliphatic heterocycles. The molecule has 2 fully saturated rings. The SMILES string of the molecule is CC(=O)N1CCC(O)CC1.OC1CCNCC1. The van der Waals surface area contributed by atoms with Gasteiger partial charge in [0.05, 0.1) is 12.2 Å². The molecule has 2 heterocycles. The summed E-state index contributed by atoms with van der Waals surface area (Å²) in [5.74, 6) is 0.118. The third kappa shape index (κ3) is 6.00. The molecule has 17 heavy (non-hydrogen) atoms. The van der Waals surface area contributed by atoms with E-state index in [9.17, 15) is 4.79 Å². The van der Waals surface area contributed by atoms with Gasteiger partial charge < -0.3 is 20.4 Å². The molecule has 2 rings (SSSR count). The minimum absolute atomic E-state index is 0.0266. The van der Waals surface area contributed by atoms with Crippen LogP contribution in [0.5, 0.6) is 0 Å². The summed E-state index contributed by atoms with van der Waals surface area (Å²) in [5.41, 5.74) is 0. The number of carbonyl (C=O) groups is 1. The minimum atomic E-state index is -0.185. The fourth-order valence-corrected chi connectivity index (χ4v) is 1.99. The van der Waals surface area contributed by atoms with Gasteiger partial charge in [-0.1, -0.05) is 0 Å². The summed E-state index contributed by atoms with van der Waals surface area (Å²) in [6.45, 7) is 4.98. The van der Waals surface area contributed by atoms with E-state index in [2.05, 4.69) is 5.32 Å². The van der Waals surface area contributed by atoms with Crippen LogP contribution in [-0.4, -0.2) is 59.4 Å². The van der Waals surface area contributed by atoms with Crippen LogP contribution in [0.15, 0.2) is 0 Å². The van der Waals surface area contributed by atoms with Gasteiger partial charge in [-0.25, -0.2) is 0 Å². The van der Waals surface area contributed by atoms with Crippen molar-refractivity contribution in [1.29, 1.82) is 0 Å². The maximum atomic E-state index is 10.7. The standard InChI is InChI=1S/C7H13NO2.C5H11NO/c1-6(9)8-4-2-7(10)3-5-8;7-5-1-3-6-4-2-5/h7,10H,2-5H2,1H3;5-7H,1-4H2. The Morgan fingerprint density at radius 1 is 1.06 bits per heavy atom. The van der Waals surface area contributed by atoms with Gasteiger partial charge in [0.25, 0.3) is 0 Å². The molecule has 0 saturated carbocycles. The third-order valence-corrected chi connectivity index (χ3v) is 3.22. The Morgan fingerprint density at radius 2 is 1.53 bits per heavy atom. The molecule has 0 radical (unpaired) electrons. The van der Waals surface area contributed by atoms with Gasteiger partial charge in [0, 0.05) is 20.0 Å². The summed E-state index contributed by atoms with van der Waals surface area (Å²) in [4.78, 5) is 12.5. The number of aliphatic hydroxyl groups is 2. The molecule has 0 aromatic rings. The van der Waals surface area contributed by atoms with E-state index in [0.717, 1.165) is 51.9 Å². The zero-order chi connectivity index (χ0) is 12.7. The molecule has 0 spiro atoms. The molecule has 5 nitrogen and oxygen atoms in total. The van der Waals surface area contributed by atoms with Gasteiger partial charge in [0.2, 0.25) is 5.91 Å². The Hall–Kier alpha value is -0.650. The van der Waals surface area contributed by atoms with E-state index in [4.69, 9.17) is 10.2 Å². The molecule has 5 heteroatoms. The summed E-state index contributed by atoms with van der Waals surface area (Å²) < 4.78 is 0. The van der Waals surface area contributed by atoms with Crippen molar-refractivity contribution in [1.82, 2.24) is 10.2 Å². The van der Waals surface area contributed by atoms with E-state index >= 15 is 0 Å². The smallest absolute Gasteiger partial charge is 0.219 e. The first kappa shape index (κ1) is 14.4. The lowest BCUT2D eigenvalue weighted by Crippen LogP contribution is -2.38. The Balaban J connectivity index is 0.000000181. The first-order valence-electron chi connectivity index (χ1n) is 6.42. The molecular formula is C12H24N2O3. The van der Waals surface area contributed by atoms with Crippen LogP contribution in [0.4, 0.5) is 0 Å². The Kier molecular flexibility index (Phi) is 6.47. The van der Waals surface area contributed by atoms with E-state index in [-0.39, 0.29) is 18.1 Å². The summed E-state index contributed by atoms with van der Waals surface area (Å²) in [7, 11) is 0. The van der Waals surface area contributed by atoms with Gasteiger partial charge in [-0.05, 0) is 38.8 Å². The summed E-state index contributed by atoms with van der Waals surface area (Å²) >= 11 is 0. The molecule has 100 valence electrons. The first-order chi connectivity index (χ1) is 8.09.